The number of nitrogens with one attached hydrogen (secondary N) is 1. The third-order valence-corrected chi connectivity index (χ3v) is 3.76. The molecule has 112 valence electrons. The molecule has 2 unspecified atom stereocenters. The third kappa shape index (κ3) is 6.39. The van der Waals surface area contributed by atoms with Gasteiger partial charge >= 0.3 is 0 Å². The Kier molecular flexibility index (Phi) is 6.80. The van der Waals surface area contributed by atoms with Crippen molar-refractivity contribution in [2.75, 3.05) is 6.61 Å². The standard InChI is InChI=1S/C15H30N2O2/c1-4-5-6-7-8-12(2)19-11-15(3,14(16)18)17-13-9-10-13/h12-13,17H,4-11H2,1-3H3,(H2,16,18). The van der Waals surface area contributed by atoms with E-state index in [4.69, 9.17) is 10.5 Å². The number of unbranched alkanes of at least 4 members (excludes halogenated alkanes) is 3. The first-order chi connectivity index (χ1) is 8.98. The Hall–Kier alpha value is -0.610. The minimum absolute atomic E-state index is 0.191. The second-order valence-electron chi connectivity index (χ2n) is 6.09. The fourth-order valence-corrected chi connectivity index (χ4v) is 2.11. The van der Waals surface area contributed by atoms with E-state index in [-0.39, 0.29) is 12.0 Å². The van der Waals surface area contributed by atoms with Crippen molar-refractivity contribution in [3.63, 3.8) is 0 Å². The van der Waals surface area contributed by atoms with E-state index in [1.165, 1.54) is 25.7 Å². The Balaban J connectivity index is 2.24. The third-order valence-electron chi connectivity index (χ3n) is 3.76. The molecule has 0 aromatic heterocycles. The Morgan fingerprint density at radius 1 is 1.42 bits per heavy atom. The molecule has 1 amide bonds. The molecule has 4 heteroatoms. The minimum Gasteiger partial charge on any atom is -0.376 e. The van der Waals surface area contributed by atoms with Gasteiger partial charge in [-0.15, -0.1) is 0 Å². The number of carbonyl (C=O) groups excluding carboxylic acids is 1. The average molecular weight is 270 g/mol. The Labute approximate surface area is 117 Å². The van der Waals surface area contributed by atoms with E-state index < -0.39 is 5.54 Å². The van der Waals surface area contributed by atoms with Gasteiger partial charge in [-0.3, -0.25) is 10.1 Å². The van der Waals surface area contributed by atoms with Crippen molar-refractivity contribution in [1.29, 1.82) is 0 Å². The van der Waals surface area contributed by atoms with Crippen molar-refractivity contribution in [2.24, 2.45) is 5.73 Å². The summed E-state index contributed by atoms with van der Waals surface area (Å²) in [5, 5.41) is 3.30. The van der Waals surface area contributed by atoms with Crippen molar-refractivity contribution in [3.8, 4) is 0 Å². The number of hydrogen-bond acceptors (Lipinski definition) is 3. The molecule has 2 atom stereocenters. The zero-order valence-electron chi connectivity index (χ0n) is 12.7. The Morgan fingerprint density at radius 2 is 2.11 bits per heavy atom. The molecule has 1 aliphatic carbocycles. The SMILES string of the molecule is CCCCCCC(C)OCC(C)(NC1CC1)C(N)=O. The number of carbonyl (C=O) groups is 1. The van der Waals surface area contributed by atoms with Crippen molar-refractivity contribution in [1.82, 2.24) is 5.32 Å². The van der Waals surface area contributed by atoms with Gasteiger partial charge in [-0.1, -0.05) is 32.6 Å². The van der Waals surface area contributed by atoms with Gasteiger partial charge in [-0.05, 0) is 33.1 Å². The second kappa shape index (κ2) is 7.85. The largest absolute Gasteiger partial charge is 0.376 e. The van der Waals surface area contributed by atoms with Gasteiger partial charge in [-0.2, -0.15) is 0 Å². The van der Waals surface area contributed by atoms with Crippen LogP contribution in [0, 0.1) is 0 Å². The Morgan fingerprint density at radius 3 is 2.63 bits per heavy atom. The van der Waals surface area contributed by atoms with Crippen LogP contribution in [-0.2, 0) is 9.53 Å². The molecule has 3 N–H and O–H groups in total. The summed E-state index contributed by atoms with van der Waals surface area (Å²) in [5.41, 5.74) is 4.77. The summed E-state index contributed by atoms with van der Waals surface area (Å²) in [6, 6.07) is 0.445. The van der Waals surface area contributed by atoms with Crippen LogP contribution in [0.5, 0.6) is 0 Å². The number of primary amides is 1. The molecule has 0 bridgehead atoms. The van der Waals surface area contributed by atoms with Gasteiger partial charge in [0, 0.05) is 6.04 Å². The van der Waals surface area contributed by atoms with Gasteiger partial charge in [0.05, 0.1) is 12.7 Å². The molecular formula is C15H30N2O2. The molecule has 1 fully saturated rings. The maximum absolute atomic E-state index is 11.6. The molecule has 0 radical (unpaired) electrons. The summed E-state index contributed by atoms with van der Waals surface area (Å²) in [5.74, 6) is -0.322. The van der Waals surface area contributed by atoms with Crippen LogP contribution in [0.15, 0.2) is 0 Å². The highest BCUT2D eigenvalue weighted by Gasteiger charge is 2.37. The minimum atomic E-state index is -0.723. The molecule has 0 heterocycles. The molecule has 0 aliphatic heterocycles. The van der Waals surface area contributed by atoms with E-state index in [2.05, 4.69) is 19.2 Å². The van der Waals surface area contributed by atoms with Gasteiger partial charge in [0.1, 0.15) is 5.54 Å². The molecule has 0 aromatic carbocycles. The molecule has 4 nitrogen and oxygen atoms in total. The zero-order chi connectivity index (χ0) is 14.3. The molecule has 19 heavy (non-hydrogen) atoms. The lowest BCUT2D eigenvalue weighted by molar-refractivity contribution is -0.127. The van der Waals surface area contributed by atoms with Crippen molar-refractivity contribution >= 4 is 5.91 Å². The van der Waals surface area contributed by atoms with E-state index in [0.717, 1.165) is 19.3 Å². The summed E-state index contributed by atoms with van der Waals surface area (Å²) in [7, 11) is 0. The van der Waals surface area contributed by atoms with Crippen molar-refractivity contribution in [2.45, 2.75) is 83.4 Å². The van der Waals surface area contributed by atoms with E-state index in [9.17, 15) is 4.79 Å². The lowest BCUT2D eigenvalue weighted by Gasteiger charge is -2.29. The molecule has 0 saturated heterocycles. The summed E-state index contributed by atoms with van der Waals surface area (Å²) >= 11 is 0. The van der Waals surface area contributed by atoms with Crippen LogP contribution in [0.3, 0.4) is 0 Å². The normalized spacial score (nSPS) is 19.9. The molecule has 1 saturated carbocycles. The molecule has 0 spiro atoms. The van der Waals surface area contributed by atoms with Gasteiger partial charge in [0.15, 0.2) is 0 Å². The van der Waals surface area contributed by atoms with E-state index in [1.807, 2.05) is 6.92 Å². The van der Waals surface area contributed by atoms with Crippen LogP contribution >= 0.6 is 0 Å². The molecule has 1 aliphatic rings. The van der Waals surface area contributed by atoms with Crippen LogP contribution in [0.2, 0.25) is 0 Å². The fraction of sp³-hybridized carbons (Fsp3) is 0.933. The fourth-order valence-electron chi connectivity index (χ4n) is 2.11. The van der Waals surface area contributed by atoms with Gasteiger partial charge < -0.3 is 10.5 Å². The lowest BCUT2D eigenvalue weighted by Crippen LogP contribution is -2.57. The number of rotatable bonds is 11. The van der Waals surface area contributed by atoms with Gasteiger partial charge in [-0.25, -0.2) is 0 Å². The highest BCUT2D eigenvalue weighted by atomic mass is 16.5. The highest BCUT2D eigenvalue weighted by Crippen LogP contribution is 2.23. The maximum atomic E-state index is 11.6. The molecule has 1 rings (SSSR count). The summed E-state index contributed by atoms with van der Waals surface area (Å²) in [6.07, 6.45) is 8.51. The quantitative estimate of drug-likeness (QED) is 0.566. The van der Waals surface area contributed by atoms with E-state index in [0.29, 0.717) is 12.6 Å². The number of amides is 1. The topological polar surface area (TPSA) is 64.3 Å². The summed E-state index contributed by atoms with van der Waals surface area (Å²) in [6.45, 7) is 6.50. The predicted molar refractivity (Wildman–Crippen MR) is 77.9 cm³/mol. The predicted octanol–water partition coefficient (Wildman–Crippen LogP) is 2.36. The Bertz CT molecular complexity index is 279. The summed E-state index contributed by atoms with van der Waals surface area (Å²) < 4.78 is 5.81. The summed E-state index contributed by atoms with van der Waals surface area (Å²) in [4.78, 5) is 11.6. The average Bonchev–Trinajstić information content (AvgIpc) is 3.16. The van der Waals surface area contributed by atoms with Crippen LogP contribution in [0.25, 0.3) is 0 Å². The van der Waals surface area contributed by atoms with Crippen LogP contribution in [0.4, 0.5) is 0 Å². The van der Waals surface area contributed by atoms with Gasteiger partial charge in [0.2, 0.25) is 5.91 Å². The van der Waals surface area contributed by atoms with Crippen LogP contribution in [0.1, 0.15) is 65.7 Å². The molecular weight excluding hydrogens is 240 g/mol. The first-order valence-corrected chi connectivity index (χ1v) is 7.67. The van der Waals surface area contributed by atoms with Crippen molar-refractivity contribution < 1.29 is 9.53 Å². The van der Waals surface area contributed by atoms with Crippen molar-refractivity contribution in [3.05, 3.63) is 0 Å². The van der Waals surface area contributed by atoms with Gasteiger partial charge in [0.25, 0.3) is 0 Å². The van der Waals surface area contributed by atoms with E-state index in [1.54, 1.807) is 0 Å². The maximum Gasteiger partial charge on any atom is 0.239 e. The first-order valence-electron chi connectivity index (χ1n) is 7.67. The molecule has 0 aromatic rings. The number of nitrogens with two attached hydrogens (primary N) is 1. The zero-order valence-corrected chi connectivity index (χ0v) is 12.7. The van der Waals surface area contributed by atoms with Crippen LogP contribution in [-0.4, -0.2) is 30.2 Å². The number of ether oxygens (including phenoxy) is 1. The lowest BCUT2D eigenvalue weighted by atomic mass is 10.0. The van der Waals surface area contributed by atoms with E-state index >= 15 is 0 Å². The second-order valence-corrected chi connectivity index (χ2v) is 6.09. The highest BCUT2D eigenvalue weighted by molar-refractivity contribution is 5.84. The van der Waals surface area contributed by atoms with Crippen LogP contribution < -0.4 is 11.1 Å². The first kappa shape index (κ1) is 16.4. The number of hydrogen-bond donors (Lipinski definition) is 2. The smallest absolute Gasteiger partial charge is 0.239 e. The monoisotopic (exact) mass is 270 g/mol.